The van der Waals surface area contributed by atoms with Crippen molar-refractivity contribution in [2.75, 3.05) is 11.9 Å². The average molecular weight is 420 g/mol. The number of rotatable bonds is 8. The molecular weight excluding hydrogens is 398 g/mol. The van der Waals surface area contributed by atoms with Crippen molar-refractivity contribution >= 4 is 23.7 Å². The molecule has 0 radical (unpaired) electrons. The summed E-state index contributed by atoms with van der Waals surface area (Å²) >= 11 is 0. The highest BCUT2D eigenvalue weighted by Crippen LogP contribution is 2.17. The molecule has 0 bridgehead atoms. The number of alkyl carbamates (subject to hydrolysis) is 1. The summed E-state index contributed by atoms with van der Waals surface area (Å²) < 4.78 is 37.1. The third-order valence-corrected chi connectivity index (χ3v) is 3.98. The van der Waals surface area contributed by atoms with E-state index in [1.54, 1.807) is 38.1 Å². The summed E-state index contributed by atoms with van der Waals surface area (Å²) in [7, 11) is 0. The second-order valence-electron chi connectivity index (χ2n) is 6.68. The molecule has 160 valence electrons. The van der Waals surface area contributed by atoms with Crippen molar-refractivity contribution in [1.29, 1.82) is 0 Å². The lowest BCUT2D eigenvalue weighted by Crippen LogP contribution is -2.46. The molecular formula is C21H22F2N2O5. The van der Waals surface area contributed by atoms with Gasteiger partial charge in [0.1, 0.15) is 30.0 Å². The van der Waals surface area contributed by atoms with Gasteiger partial charge in [-0.25, -0.2) is 18.4 Å². The maximum absolute atomic E-state index is 13.6. The first-order chi connectivity index (χ1) is 14.3. The molecule has 7 nitrogen and oxygen atoms in total. The van der Waals surface area contributed by atoms with E-state index in [-0.39, 0.29) is 12.5 Å². The summed E-state index contributed by atoms with van der Waals surface area (Å²) in [5.74, 6) is -4.10. The Kier molecular flexibility index (Phi) is 8.28. The zero-order valence-corrected chi connectivity index (χ0v) is 16.5. The molecule has 0 saturated heterocycles. The quantitative estimate of drug-likeness (QED) is 0.639. The number of nitrogens with one attached hydrogen (secondary N) is 2. The van der Waals surface area contributed by atoms with Crippen LogP contribution < -0.4 is 10.6 Å². The fourth-order valence-corrected chi connectivity index (χ4v) is 2.41. The van der Waals surface area contributed by atoms with E-state index in [1.807, 2.05) is 11.4 Å². The molecule has 1 atom stereocenters. The molecule has 0 fully saturated rings. The minimum atomic E-state index is -1.08. The standard InChI is InChI=1S/C21H22F2N2O5/c1-13(2)18(25-21(28)30-11-14-7-4-3-5-8-14)20(27)29-12-17(26)24-19-15(22)9-6-10-16(19)23/h3-10,13,18H,11-12H2,1-2H3,(H,24,26)(H,25,28)/t18-/m1/s1. The second-order valence-corrected chi connectivity index (χ2v) is 6.68. The predicted octanol–water partition coefficient (Wildman–Crippen LogP) is 3.40. The first-order valence-corrected chi connectivity index (χ1v) is 9.15. The van der Waals surface area contributed by atoms with E-state index in [2.05, 4.69) is 5.32 Å². The van der Waals surface area contributed by atoms with Crippen LogP contribution in [0.5, 0.6) is 0 Å². The van der Waals surface area contributed by atoms with Crippen molar-refractivity contribution in [1.82, 2.24) is 5.32 Å². The molecule has 0 aliphatic carbocycles. The Bertz CT molecular complexity index is 870. The number of hydrogen-bond donors (Lipinski definition) is 2. The first kappa shape index (κ1) is 22.8. The van der Waals surface area contributed by atoms with E-state index < -0.39 is 47.9 Å². The van der Waals surface area contributed by atoms with Crippen LogP contribution in [0.2, 0.25) is 0 Å². The van der Waals surface area contributed by atoms with Gasteiger partial charge in [0.05, 0.1) is 0 Å². The first-order valence-electron chi connectivity index (χ1n) is 9.15. The van der Waals surface area contributed by atoms with Crippen LogP contribution in [0.25, 0.3) is 0 Å². The lowest BCUT2D eigenvalue weighted by Gasteiger charge is -2.20. The lowest BCUT2D eigenvalue weighted by molar-refractivity contribution is -0.150. The molecule has 2 aromatic carbocycles. The molecule has 2 N–H and O–H groups in total. The number of para-hydroxylation sites is 1. The average Bonchev–Trinajstić information content (AvgIpc) is 2.72. The monoisotopic (exact) mass is 420 g/mol. The summed E-state index contributed by atoms with van der Waals surface area (Å²) in [4.78, 5) is 36.1. The highest BCUT2D eigenvalue weighted by molar-refractivity contribution is 5.93. The molecule has 0 heterocycles. The minimum Gasteiger partial charge on any atom is -0.454 e. The van der Waals surface area contributed by atoms with Crippen LogP contribution in [-0.2, 0) is 25.7 Å². The molecule has 2 amide bonds. The summed E-state index contributed by atoms with van der Waals surface area (Å²) in [6, 6.07) is 11.0. The Hall–Kier alpha value is -3.49. The number of hydrogen-bond acceptors (Lipinski definition) is 5. The van der Waals surface area contributed by atoms with Crippen molar-refractivity contribution in [2.45, 2.75) is 26.5 Å². The van der Waals surface area contributed by atoms with Crippen LogP contribution in [0.15, 0.2) is 48.5 Å². The number of halogens is 2. The highest BCUT2D eigenvalue weighted by atomic mass is 19.1. The Balaban J connectivity index is 1.85. The van der Waals surface area contributed by atoms with Gasteiger partial charge in [0, 0.05) is 0 Å². The van der Waals surface area contributed by atoms with E-state index in [0.717, 1.165) is 23.8 Å². The summed E-state index contributed by atoms with van der Waals surface area (Å²) in [5.41, 5.74) is 0.134. The van der Waals surface area contributed by atoms with Crippen molar-refractivity contribution in [3.8, 4) is 0 Å². The molecule has 9 heteroatoms. The zero-order valence-electron chi connectivity index (χ0n) is 16.5. The van der Waals surface area contributed by atoms with Gasteiger partial charge in [0.2, 0.25) is 0 Å². The van der Waals surface area contributed by atoms with Crippen LogP contribution in [0.1, 0.15) is 19.4 Å². The van der Waals surface area contributed by atoms with Gasteiger partial charge in [-0.2, -0.15) is 0 Å². The third kappa shape index (κ3) is 6.84. The second kappa shape index (κ2) is 10.9. The van der Waals surface area contributed by atoms with Gasteiger partial charge >= 0.3 is 12.1 Å². The van der Waals surface area contributed by atoms with Gasteiger partial charge in [-0.1, -0.05) is 50.2 Å². The normalized spacial score (nSPS) is 11.5. The predicted molar refractivity (Wildman–Crippen MR) is 104 cm³/mol. The summed E-state index contributed by atoms with van der Waals surface area (Å²) in [6.45, 7) is 2.57. The Morgan fingerprint density at radius 1 is 0.933 bits per heavy atom. The number of esters is 1. The largest absolute Gasteiger partial charge is 0.454 e. The highest BCUT2D eigenvalue weighted by Gasteiger charge is 2.27. The van der Waals surface area contributed by atoms with Crippen molar-refractivity contribution in [3.63, 3.8) is 0 Å². The van der Waals surface area contributed by atoms with Gasteiger partial charge in [0.25, 0.3) is 5.91 Å². The van der Waals surface area contributed by atoms with Gasteiger partial charge in [-0.15, -0.1) is 0 Å². The molecule has 0 aliphatic heterocycles. The maximum atomic E-state index is 13.6. The van der Waals surface area contributed by atoms with Crippen LogP contribution in [-0.4, -0.2) is 30.6 Å². The van der Waals surface area contributed by atoms with Crippen LogP contribution in [0.3, 0.4) is 0 Å². The molecule has 0 unspecified atom stereocenters. The maximum Gasteiger partial charge on any atom is 0.408 e. The SMILES string of the molecule is CC(C)[C@@H](NC(=O)OCc1ccccc1)C(=O)OCC(=O)Nc1c(F)cccc1F. The van der Waals surface area contributed by atoms with E-state index in [1.165, 1.54) is 0 Å². The fourth-order valence-electron chi connectivity index (χ4n) is 2.41. The van der Waals surface area contributed by atoms with E-state index in [0.29, 0.717) is 0 Å². The van der Waals surface area contributed by atoms with Gasteiger partial charge in [-0.05, 0) is 23.6 Å². The molecule has 0 aliphatic rings. The van der Waals surface area contributed by atoms with E-state index in [4.69, 9.17) is 9.47 Å². The number of carbonyl (C=O) groups is 3. The zero-order chi connectivity index (χ0) is 22.1. The van der Waals surface area contributed by atoms with Gasteiger partial charge in [-0.3, -0.25) is 4.79 Å². The molecule has 2 aromatic rings. The van der Waals surface area contributed by atoms with Crippen LogP contribution in [0.4, 0.5) is 19.3 Å². The van der Waals surface area contributed by atoms with Crippen LogP contribution >= 0.6 is 0 Å². The van der Waals surface area contributed by atoms with E-state index >= 15 is 0 Å². The van der Waals surface area contributed by atoms with Crippen molar-refractivity contribution < 1.29 is 32.6 Å². The topological polar surface area (TPSA) is 93.7 Å². The minimum absolute atomic E-state index is 0.0170. The fraction of sp³-hybridized carbons (Fsp3) is 0.286. The lowest BCUT2D eigenvalue weighted by atomic mass is 10.1. The Labute approximate surface area is 172 Å². The molecule has 2 rings (SSSR count). The summed E-state index contributed by atoms with van der Waals surface area (Å²) in [5, 5.41) is 4.39. The van der Waals surface area contributed by atoms with Gasteiger partial charge in [0.15, 0.2) is 6.61 Å². The molecule has 0 saturated carbocycles. The van der Waals surface area contributed by atoms with Gasteiger partial charge < -0.3 is 20.1 Å². The number of ether oxygens (including phenoxy) is 2. The third-order valence-electron chi connectivity index (χ3n) is 3.98. The molecule has 0 spiro atoms. The number of anilines is 1. The Morgan fingerprint density at radius 2 is 1.57 bits per heavy atom. The number of amides is 2. The smallest absolute Gasteiger partial charge is 0.408 e. The van der Waals surface area contributed by atoms with Crippen molar-refractivity contribution in [3.05, 3.63) is 65.7 Å². The number of carbonyl (C=O) groups excluding carboxylic acids is 3. The molecule has 0 aromatic heterocycles. The molecule has 30 heavy (non-hydrogen) atoms. The Morgan fingerprint density at radius 3 is 2.17 bits per heavy atom. The number of benzene rings is 2. The summed E-state index contributed by atoms with van der Waals surface area (Å²) in [6.07, 6.45) is -0.826. The van der Waals surface area contributed by atoms with Crippen LogP contribution in [0, 0.1) is 17.6 Å². The van der Waals surface area contributed by atoms with E-state index in [9.17, 15) is 23.2 Å². The van der Waals surface area contributed by atoms with Crippen molar-refractivity contribution in [2.24, 2.45) is 5.92 Å².